The van der Waals surface area contributed by atoms with Crippen molar-refractivity contribution < 1.29 is 14.3 Å². The third kappa shape index (κ3) is 3.64. The van der Waals surface area contributed by atoms with Gasteiger partial charge in [0, 0.05) is 41.4 Å². The number of carbonyl (C=O) groups excluding carboxylic acids is 2. The number of carbonyl (C=O) groups is 2. The molecule has 1 aliphatic carbocycles. The molecule has 2 N–H and O–H groups in total. The molecule has 1 atom stereocenters. The van der Waals surface area contributed by atoms with E-state index in [1.807, 2.05) is 30.3 Å². The largest absolute Gasteiger partial charge is 0.497 e. The van der Waals surface area contributed by atoms with Crippen molar-refractivity contribution in [1.82, 2.24) is 4.98 Å². The molecule has 3 aromatic rings. The molecule has 0 spiro atoms. The van der Waals surface area contributed by atoms with Crippen molar-refractivity contribution in [3.8, 4) is 5.75 Å². The van der Waals surface area contributed by atoms with E-state index >= 15 is 0 Å². The minimum Gasteiger partial charge on any atom is -0.497 e. The fourth-order valence-electron chi connectivity index (χ4n) is 4.79. The summed E-state index contributed by atoms with van der Waals surface area (Å²) in [6.45, 7) is 0.315. The number of aromatic amines is 1. The van der Waals surface area contributed by atoms with Gasteiger partial charge in [-0.05, 0) is 55.5 Å². The van der Waals surface area contributed by atoms with Gasteiger partial charge in [0.1, 0.15) is 5.75 Å². The number of nitrogens with zero attached hydrogens (tertiary/aromatic N) is 1. The van der Waals surface area contributed by atoms with Gasteiger partial charge in [-0.15, -0.1) is 0 Å². The topological polar surface area (TPSA) is 91.5 Å². The molecule has 2 aliphatic rings. The Hall–Kier alpha value is -3.61. The summed E-state index contributed by atoms with van der Waals surface area (Å²) in [5.41, 5.74) is 4.05. The van der Waals surface area contributed by atoms with Crippen LogP contribution in [0, 0.1) is 5.92 Å². The Kier molecular flexibility index (Phi) is 5.17. The van der Waals surface area contributed by atoms with Gasteiger partial charge in [0.15, 0.2) is 0 Å². The molecule has 1 saturated heterocycles. The van der Waals surface area contributed by atoms with Crippen LogP contribution in [0.3, 0.4) is 0 Å². The smallest absolute Gasteiger partial charge is 0.251 e. The maximum Gasteiger partial charge on any atom is 0.251 e. The van der Waals surface area contributed by atoms with Crippen LogP contribution in [0.15, 0.2) is 47.3 Å². The second kappa shape index (κ2) is 8.15. The fourth-order valence-corrected chi connectivity index (χ4v) is 4.79. The van der Waals surface area contributed by atoms with Crippen LogP contribution in [0.25, 0.3) is 10.9 Å². The standard InChI is InChI=1S/C25H25N3O4/c1-32-18-6-4-5-17(13-18)28-14-15(11-23(28)29)24(30)26-16-9-10-20-19-7-2-3-8-21(19)25(31)27-22(20)12-16/h4-6,9-10,12-13,15H,2-3,7-8,11,14H2,1H3,(H,26,30)(H,27,31). The molecule has 164 valence electrons. The predicted molar refractivity (Wildman–Crippen MR) is 123 cm³/mol. The summed E-state index contributed by atoms with van der Waals surface area (Å²) < 4.78 is 5.24. The van der Waals surface area contributed by atoms with E-state index in [2.05, 4.69) is 10.3 Å². The first-order valence-corrected chi connectivity index (χ1v) is 11.0. The zero-order chi connectivity index (χ0) is 22.2. The lowest BCUT2D eigenvalue weighted by Crippen LogP contribution is -2.28. The van der Waals surface area contributed by atoms with Crippen LogP contribution in [0.2, 0.25) is 0 Å². The Morgan fingerprint density at radius 2 is 1.91 bits per heavy atom. The number of hydrogen-bond donors (Lipinski definition) is 2. The van der Waals surface area contributed by atoms with Gasteiger partial charge in [-0.25, -0.2) is 0 Å². The van der Waals surface area contributed by atoms with Gasteiger partial charge in [0.2, 0.25) is 11.8 Å². The summed E-state index contributed by atoms with van der Waals surface area (Å²) in [4.78, 5) is 42.5. The molecule has 7 nitrogen and oxygen atoms in total. The number of anilines is 2. The highest BCUT2D eigenvalue weighted by atomic mass is 16.5. The Morgan fingerprint density at radius 3 is 2.72 bits per heavy atom. The molecular weight excluding hydrogens is 406 g/mol. The molecule has 0 bridgehead atoms. The zero-order valence-corrected chi connectivity index (χ0v) is 17.9. The van der Waals surface area contributed by atoms with Crippen LogP contribution in [0.1, 0.15) is 30.4 Å². The normalized spacial score (nSPS) is 18.0. The molecule has 2 aromatic carbocycles. The van der Waals surface area contributed by atoms with Gasteiger partial charge >= 0.3 is 0 Å². The third-order valence-corrected chi connectivity index (χ3v) is 6.46. The number of rotatable bonds is 4. The van der Waals surface area contributed by atoms with Crippen molar-refractivity contribution in [2.75, 3.05) is 23.9 Å². The lowest BCUT2D eigenvalue weighted by atomic mass is 9.90. The van der Waals surface area contributed by atoms with Crippen molar-refractivity contribution in [3.05, 3.63) is 63.9 Å². The van der Waals surface area contributed by atoms with Crippen LogP contribution in [-0.4, -0.2) is 30.5 Å². The van der Waals surface area contributed by atoms with E-state index in [0.717, 1.165) is 53.4 Å². The summed E-state index contributed by atoms with van der Waals surface area (Å²) in [7, 11) is 1.58. The first-order chi connectivity index (χ1) is 15.5. The van der Waals surface area contributed by atoms with Crippen molar-refractivity contribution in [2.45, 2.75) is 32.1 Å². The van der Waals surface area contributed by atoms with E-state index in [1.165, 1.54) is 0 Å². The monoisotopic (exact) mass is 431 g/mol. The van der Waals surface area contributed by atoms with Gasteiger partial charge in [0.05, 0.1) is 18.5 Å². The van der Waals surface area contributed by atoms with E-state index < -0.39 is 5.92 Å². The van der Waals surface area contributed by atoms with Crippen molar-refractivity contribution in [2.24, 2.45) is 5.92 Å². The highest BCUT2D eigenvalue weighted by Gasteiger charge is 2.35. The van der Waals surface area contributed by atoms with E-state index in [0.29, 0.717) is 18.0 Å². The molecule has 5 rings (SSSR count). The van der Waals surface area contributed by atoms with Gasteiger partial charge in [-0.3, -0.25) is 14.4 Å². The van der Waals surface area contributed by atoms with Crippen LogP contribution >= 0.6 is 0 Å². The predicted octanol–water partition coefficient (Wildman–Crippen LogP) is 3.41. The van der Waals surface area contributed by atoms with Crippen molar-refractivity contribution in [3.63, 3.8) is 0 Å². The summed E-state index contributed by atoms with van der Waals surface area (Å²) in [6.07, 6.45) is 4.01. The molecule has 1 aliphatic heterocycles. The van der Waals surface area contributed by atoms with E-state index in [1.54, 1.807) is 24.1 Å². The quantitative estimate of drug-likeness (QED) is 0.662. The molecule has 7 heteroatoms. The number of methoxy groups -OCH3 is 1. The fraction of sp³-hybridized carbons (Fsp3) is 0.320. The minimum atomic E-state index is -0.452. The second-order valence-electron chi connectivity index (χ2n) is 8.47. The molecule has 0 saturated carbocycles. The van der Waals surface area contributed by atoms with Gasteiger partial charge in [-0.1, -0.05) is 12.1 Å². The van der Waals surface area contributed by atoms with Crippen LogP contribution in [0.5, 0.6) is 5.75 Å². The molecule has 1 aromatic heterocycles. The maximum atomic E-state index is 12.9. The SMILES string of the molecule is COc1cccc(N2CC(C(=O)Nc3ccc4c5c(c(=O)[nH]c4c3)CCCC5)CC2=O)c1. The number of benzene rings is 2. The van der Waals surface area contributed by atoms with Crippen LogP contribution in [-0.2, 0) is 22.4 Å². The van der Waals surface area contributed by atoms with E-state index in [4.69, 9.17) is 4.74 Å². The number of nitrogens with one attached hydrogen (secondary N) is 2. The van der Waals surface area contributed by atoms with Crippen LogP contribution in [0.4, 0.5) is 11.4 Å². The first kappa shape index (κ1) is 20.3. The zero-order valence-electron chi connectivity index (χ0n) is 17.9. The Labute approximate surface area is 185 Å². The maximum absolute atomic E-state index is 12.9. The number of ether oxygens (including phenoxy) is 1. The lowest BCUT2D eigenvalue weighted by Gasteiger charge is -2.18. The number of aryl methyl sites for hydroxylation is 1. The molecular formula is C25H25N3O4. The number of hydrogen-bond acceptors (Lipinski definition) is 4. The van der Waals surface area contributed by atoms with Crippen molar-refractivity contribution in [1.29, 1.82) is 0 Å². The highest BCUT2D eigenvalue weighted by molar-refractivity contribution is 6.04. The molecule has 2 amide bonds. The second-order valence-corrected chi connectivity index (χ2v) is 8.47. The average molecular weight is 431 g/mol. The van der Waals surface area contributed by atoms with Gasteiger partial charge in [0.25, 0.3) is 5.56 Å². The van der Waals surface area contributed by atoms with E-state index in [9.17, 15) is 14.4 Å². The van der Waals surface area contributed by atoms with Gasteiger partial charge in [-0.2, -0.15) is 0 Å². The van der Waals surface area contributed by atoms with Crippen LogP contribution < -0.4 is 20.5 Å². The highest BCUT2D eigenvalue weighted by Crippen LogP contribution is 2.30. The lowest BCUT2D eigenvalue weighted by molar-refractivity contribution is -0.122. The van der Waals surface area contributed by atoms with Gasteiger partial charge < -0.3 is 19.9 Å². The minimum absolute atomic E-state index is 0.0361. The van der Waals surface area contributed by atoms with Crippen molar-refractivity contribution >= 4 is 34.1 Å². The third-order valence-electron chi connectivity index (χ3n) is 6.46. The van der Waals surface area contributed by atoms with E-state index in [-0.39, 0.29) is 23.8 Å². The number of pyridine rings is 1. The molecule has 0 radical (unpaired) electrons. The number of amides is 2. The average Bonchev–Trinajstić information content (AvgIpc) is 3.21. The summed E-state index contributed by atoms with van der Waals surface area (Å²) in [6, 6.07) is 12.9. The number of H-pyrrole nitrogens is 1. The number of aromatic nitrogens is 1. The molecule has 1 unspecified atom stereocenters. The Morgan fingerprint density at radius 1 is 1.09 bits per heavy atom. The number of fused-ring (bicyclic) bond motifs is 3. The molecule has 1 fully saturated rings. The molecule has 32 heavy (non-hydrogen) atoms. The Balaban J connectivity index is 1.34. The Bertz CT molecular complexity index is 1280. The molecule has 2 heterocycles. The summed E-state index contributed by atoms with van der Waals surface area (Å²) in [5, 5.41) is 3.97. The summed E-state index contributed by atoms with van der Waals surface area (Å²) >= 11 is 0. The first-order valence-electron chi connectivity index (χ1n) is 11.0. The summed E-state index contributed by atoms with van der Waals surface area (Å²) in [5.74, 6) is -0.0844.